The summed E-state index contributed by atoms with van der Waals surface area (Å²) >= 11 is 0. The van der Waals surface area contributed by atoms with Crippen molar-refractivity contribution >= 4 is 11.8 Å². The highest BCUT2D eigenvalue weighted by Gasteiger charge is 2.11. The number of rotatable bonds is 5. The van der Waals surface area contributed by atoms with Crippen molar-refractivity contribution in [1.82, 2.24) is 0 Å². The van der Waals surface area contributed by atoms with Gasteiger partial charge in [-0.3, -0.25) is 9.59 Å². The van der Waals surface area contributed by atoms with E-state index in [0.29, 0.717) is 17.5 Å². The van der Waals surface area contributed by atoms with Gasteiger partial charge in [0.15, 0.2) is 0 Å². The molecule has 2 aromatic carbocycles. The highest BCUT2D eigenvalue weighted by Crippen LogP contribution is 2.33. The zero-order valence-electron chi connectivity index (χ0n) is 12.6. The third kappa shape index (κ3) is 3.73. The molecule has 2 rings (SSSR count). The minimum absolute atomic E-state index is 0.0682. The summed E-state index contributed by atoms with van der Waals surface area (Å²) < 4.78 is 0. The second-order valence-corrected chi connectivity index (χ2v) is 5.45. The van der Waals surface area contributed by atoms with Crippen LogP contribution in [-0.4, -0.2) is 22.0 Å². The van der Waals surface area contributed by atoms with Crippen LogP contribution in [0.4, 0.5) is 0 Å². The van der Waals surface area contributed by atoms with E-state index < -0.39 is 5.97 Å². The number of aliphatic carboxylic acids is 1. The quantitative estimate of drug-likeness (QED) is 0.889. The van der Waals surface area contributed by atoms with Gasteiger partial charge in [-0.05, 0) is 48.2 Å². The average Bonchev–Trinajstić information content (AvgIpc) is 2.42. The maximum absolute atomic E-state index is 11.3. The minimum Gasteiger partial charge on any atom is -0.507 e. The van der Waals surface area contributed by atoms with E-state index in [-0.39, 0.29) is 18.0 Å². The van der Waals surface area contributed by atoms with Crippen molar-refractivity contribution in [3.63, 3.8) is 0 Å². The molecule has 0 radical (unpaired) electrons. The predicted octanol–water partition coefficient (Wildman–Crippen LogP) is 3.13. The van der Waals surface area contributed by atoms with Gasteiger partial charge in [-0.2, -0.15) is 0 Å². The Morgan fingerprint density at radius 1 is 0.955 bits per heavy atom. The number of phenolic OH excluding ortho intramolecular Hbond substituents is 1. The lowest BCUT2D eigenvalue weighted by molar-refractivity contribution is -0.136. The number of carbonyl (C=O) groups is 2. The van der Waals surface area contributed by atoms with Gasteiger partial charge in [0.2, 0.25) is 0 Å². The molecular weight excluding hydrogens is 280 g/mol. The number of carboxylic acid groups (broad SMARTS) is 1. The number of phenols is 1. The molecule has 0 spiro atoms. The van der Waals surface area contributed by atoms with Crippen molar-refractivity contribution in [3.05, 3.63) is 53.1 Å². The van der Waals surface area contributed by atoms with Gasteiger partial charge in [-0.15, -0.1) is 0 Å². The van der Waals surface area contributed by atoms with E-state index in [0.717, 1.165) is 16.7 Å². The summed E-state index contributed by atoms with van der Waals surface area (Å²) in [4.78, 5) is 22.1. The lowest BCUT2D eigenvalue weighted by Gasteiger charge is -2.12. The topological polar surface area (TPSA) is 74.6 Å². The van der Waals surface area contributed by atoms with Crippen molar-refractivity contribution in [3.8, 4) is 16.9 Å². The molecule has 22 heavy (non-hydrogen) atoms. The van der Waals surface area contributed by atoms with Crippen LogP contribution in [0.1, 0.15) is 23.6 Å². The molecule has 4 nitrogen and oxygen atoms in total. The first-order valence-corrected chi connectivity index (χ1v) is 7.00. The van der Waals surface area contributed by atoms with Crippen LogP contribution in [0.2, 0.25) is 0 Å². The number of carboxylic acids is 1. The summed E-state index contributed by atoms with van der Waals surface area (Å²) in [7, 11) is 0. The first-order chi connectivity index (χ1) is 10.4. The van der Waals surface area contributed by atoms with Crippen LogP contribution >= 0.6 is 0 Å². The van der Waals surface area contributed by atoms with E-state index in [9.17, 15) is 14.7 Å². The lowest BCUT2D eigenvalue weighted by Crippen LogP contribution is -2.00. The molecule has 0 amide bonds. The van der Waals surface area contributed by atoms with Crippen LogP contribution in [0.15, 0.2) is 36.4 Å². The fraction of sp³-hybridized carbons (Fsp3) is 0.222. The Bertz CT molecular complexity index is 668. The summed E-state index contributed by atoms with van der Waals surface area (Å²) in [6, 6.07) is 10.4. The van der Waals surface area contributed by atoms with E-state index in [1.54, 1.807) is 12.1 Å². The molecule has 0 aliphatic heterocycles. The normalized spacial score (nSPS) is 10.5. The van der Waals surface area contributed by atoms with E-state index in [4.69, 9.17) is 5.11 Å². The Morgan fingerprint density at radius 3 is 2.18 bits per heavy atom. The van der Waals surface area contributed by atoms with Crippen molar-refractivity contribution in [1.29, 1.82) is 0 Å². The zero-order chi connectivity index (χ0) is 16.3. The molecule has 0 heterocycles. The van der Waals surface area contributed by atoms with Crippen LogP contribution in [-0.2, 0) is 22.4 Å². The van der Waals surface area contributed by atoms with Gasteiger partial charge in [0, 0.05) is 12.0 Å². The van der Waals surface area contributed by atoms with Crippen molar-refractivity contribution < 1.29 is 19.8 Å². The smallest absolute Gasteiger partial charge is 0.307 e. The van der Waals surface area contributed by atoms with E-state index in [1.165, 1.54) is 13.0 Å². The Labute approximate surface area is 129 Å². The highest BCUT2D eigenvalue weighted by atomic mass is 16.4. The van der Waals surface area contributed by atoms with Gasteiger partial charge < -0.3 is 10.2 Å². The standard InChI is InChI=1S/C18H18O4/c1-11-3-4-13(7-12(2)19)8-15(11)16-9-14(10-18(21)22)5-6-17(16)20/h3-6,8-9,20H,7,10H2,1-2H3,(H,21,22). The second kappa shape index (κ2) is 6.43. The number of Topliss-reactive ketones (excluding diaryl/α,β-unsaturated/α-hetero) is 1. The van der Waals surface area contributed by atoms with Crippen LogP contribution in [0, 0.1) is 6.92 Å². The molecule has 0 saturated carbocycles. The molecule has 0 unspecified atom stereocenters. The lowest BCUT2D eigenvalue weighted by atomic mass is 9.94. The molecule has 2 N–H and O–H groups in total. The van der Waals surface area contributed by atoms with Gasteiger partial charge in [0.25, 0.3) is 0 Å². The zero-order valence-corrected chi connectivity index (χ0v) is 12.6. The van der Waals surface area contributed by atoms with Crippen molar-refractivity contribution in [2.24, 2.45) is 0 Å². The van der Waals surface area contributed by atoms with Crippen LogP contribution < -0.4 is 0 Å². The maximum atomic E-state index is 11.3. The van der Waals surface area contributed by atoms with Crippen LogP contribution in [0.5, 0.6) is 5.75 Å². The number of ketones is 1. The van der Waals surface area contributed by atoms with Gasteiger partial charge >= 0.3 is 5.97 Å². The molecule has 0 aromatic heterocycles. The Balaban J connectivity index is 2.50. The first-order valence-electron chi connectivity index (χ1n) is 7.00. The minimum atomic E-state index is -0.918. The molecule has 4 heteroatoms. The molecule has 2 aromatic rings. The Kier molecular flexibility index (Phi) is 4.61. The van der Waals surface area contributed by atoms with Crippen LogP contribution in [0.3, 0.4) is 0 Å². The van der Waals surface area contributed by atoms with Gasteiger partial charge in [0.1, 0.15) is 11.5 Å². The molecular formula is C18H18O4. The third-order valence-electron chi connectivity index (χ3n) is 3.46. The molecule has 0 atom stereocenters. The summed E-state index contributed by atoms with van der Waals surface area (Å²) in [5, 5.41) is 19.0. The average molecular weight is 298 g/mol. The summed E-state index contributed by atoms with van der Waals surface area (Å²) in [5.74, 6) is -0.755. The van der Waals surface area contributed by atoms with Gasteiger partial charge in [-0.1, -0.05) is 24.3 Å². The second-order valence-electron chi connectivity index (χ2n) is 5.45. The third-order valence-corrected chi connectivity index (χ3v) is 3.46. The fourth-order valence-corrected chi connectivity index (χ4v) is 2.44. The maximum Gasteiger partial charge on any atom is 0.307 e. The van der Waals surface area contributed by atoms with Crippen molar-refractivity contribution in [2.75, 3.05) is 0 Å². The number of hydrogen-bond donors (Lipinski definition) is 2. The van der Waals surface area contributed by atoms with Gasteiger partial charge in [-0.25, -0.2) is 0 Å². The number of benzene rings is 2. The molecule has 0 aliphatic carbocycles. The van der Waals surface area contributed by atoms with Crippen molar-refractivity contribution in [2.45, 2.75) is 26.7 Å². The highest BCUT2D eigenvalue weighted by molar-refractivity contribution is 5.80. The fourth-order valence-electron chi connectivity index (χ4n) is 2.44. The largest absolute Gasteiger partial charge is 0.507 e. The molecule has 0 aliphatic rings. The first kappa shape index (κ1) is 15.8. The molecule has 0 fully saturated rings. The molecule has 0 saturated heterocycles. The number of hydrogen-bond acceptors (Lipinski definition) is 3. The number of carbonyl (C=O) groups excluding carboxylic acids is 1. The Morgan fingerprint density at radius 2 is 1.55 bits per heavy atom. The number of aryl methyl sites for hydroxylation is 1. The Hall–Kier alpha value is -2.62. The van der Waals surface area contributed by atoms with Gasteiger partial charge in [0.05, 0.1) is 6.42 Å². The molecule has 114 valence electrons. The predicted molar refractivity (Wildman–Crippen MR) is 84.0 cm³/mol. The van der Waals surface area contributed by atoms with E-state index >= 15 is 0 Å². The summed E-state index contributed by atoms with van der Waals surface area (Å²) in [5.41, 5.74) is 3.84. The monoisotopic (exact) mass is 298 g/mol. The summed E-state index contributed by atoms with van der Waals surface area (Å²) in [6.45, 7) is 3.45. The summed E-state index contributed by atoms with van der Waals surface area (Å²) in [6.07, 6.45) is 0.238. The number of aromatic hydroxyl groups is 1. The SMILES string of the molecule is CC(=O)Cc1ccc(C)c(-c2cc(CC(=O)O)ccc2O)c1. The van der Waals surface area contributed by atoms with Crippen LogP contribution in [0.25, 0.3) is 11.1 Å². The molecule has 0 bridgehead atoms. The van der Waals surface area contributed by atoms with E-state index in [1.807, 2.05) is 25.1 Å². The van der Waals surface area contributed by atoms with E-state index in [2.05, 4.69) is 0 Å².